The highest BCUT2D eigenvalue weighted by molar-refractivity contribution is 9.10. The number of halogens is 4. The van der Waals surface area contributed by atoms with Gasteiger partial charge >= 0.3 is 6.18 Å². The van der Waals surface area contributed by atoms with Crippen LogP contribution in [0.5, 0.6) is 0 Å². The van der Waals surface area contributed by atoms with Crippen LogP contribution in [0.4, 0.5) is 13.2 Å². The zero-order chi connectivity index (χ0) is 16.5. The van der Waals surface area contributed by atoms with E-state index in [1.807, 2.05) is 6.07 Å². The largest absolute Gasteiger partial charge is 0.405 e. The minimum Gasteiger partial charge on any atom is -0.288 e. The Morgan fingerprint density at radius 2 is 2.09 bits per heavy atom. The van der Waals surface area contributed by atoms with Gasteiger partial charge in [-0.2, -0.15) is 13.2 Å². The molecule has 1 N–H and O–H groups in total. The van der Waals surface area contributed by atoms with E-state index in [2.05, 4.69) is 21.4 Å². The van der Waals surface area contributed by atoms with Gasteiger partial charge in [0, 0.05) is 16.4 Å². The summed E-state index contributed by atoms with van der Waals surface area (Å²) in [5, 5.41) is 1.06. The van der Waals surface area contributed by atoms with Gasteiger partial charge in [-0.3, -0.25) is 10.2 Å². The van der Waals surface area contributed by atoms with Gasteiger partial charge in [0.1, 0.15) is 6.04 Å². The predicted octanol–water partition coefficient (Wildman–Crippen LogP) is 3.83. The summed E-state index contributed by atoms with van der Waals surface area (Å²) >= 11 is 3.31. The molecule has 1 aliphatic rings. The summed E-state index contributed by atoms with van der Waals surface area (Å²) in [6.45, 7) is 3.28. The number of carbonyl (C=O) groups excluding carboxylic acids is 1. The first-order valence-electron chi connectivity index (χ1n) is 6.99. The van der Waals surface area contributed by atoms with Gasteiger partial charge < -0.3 is 0 Å². The summed E-state index contributed by atoms with van der Waals surface area (Å²) in [6.07, 6.45) is -4.16. The molecule has 0 spiro atoms. The molecule has 0 saturated carbocycles. The smallest absolute Gasteiger partial charge is 0.288 e. The van der Waals surface area contributed by atoms with Crippen LogP contribution in [0.15, 0.2) is 28.7 Å². The Hall–Kier alpha value is -1.08. The van der Waals surface area contributed by atoms with Gasteiger partial charge in [0.15, 0.2) is 0 Å². The maximum Gasteiger partial charge on any atom is 0.405 e. The van der Waals surface area contributed by atoms with E-state index < -0.39 is 17.8 Å². The molecule has 122 valence electrons. The van der Waals surface area contributed by atoms with Crippen LogP contribution < -0.4 is 5.43 Å². The van der Waals surface area contributed by atoms with Crippen molar-refractivity contribution in [1.82, 2.24) is 10.4 Å². The first-order valence-corrected chi connectivity index (χ1v) is 7.79. The molecule has 0 radical (unpaired) electrons. The molecule has 1 aliphatic heterocycles. The minimum absolute atomic E-state index is 0.0659. The minimum atomic E-state index is -4.40. The van der Waals surface area contributed by atoms with Gasteiger partial charge in [-0.15, -0.1) is 0 Å². The van der Waals surface area contributed by atoms with Crippen molar-refractivity contribution in [2.24, 2.45) is 0 Å². The lowest BCUT2D eigenvalue weighted by Gasteiger charge is -2.37. The van der Waals surface area contributed by atoms with Gasteiger partial charge in [0.05, 0.1) is 0 Å². The maximum absolute atomic E-state index is 13.4. The fraction of sp³-hybridized carbons (Fsp3) is 0.533. The lowest BCUT2D eigenvalue weighted by molar-refractivity contribution is -0.202. The van der Waals surface area contributed by atoms with E-state index in [0.29, 0.717) is 0 Å². The lowest BCUT2D eigenvalue weighted by atomic mass is 9.97. The van der Waals surface area contributed by atoms with E-state index in [-0.39, 0.29) is 25.2 Å². The Morgan fingerprint density at radius 3 is 2.59 bits per heavy atom. The summed E-state index contributed by atoms with van der Waals surface area (Å²) in [7, 11) is 0. The Balaban J connectivity index is 2.16. The number of hydrogen-bond donors (Lipinski definition) is 1. The molecule has 1 unspecified atom stereocenters. The third kappa shape index (κ3) is 4.01. The lowest BCUT2D eigenvalue weighted by Crippen LogP contribution is -2.56. The summed E-state index contributed by atoms with van der Waals surface area (Å²) in [4.78, 5) is 11.5. The number of benzene rings is 1. The van der Waals surface area contributed by atoms with Gasteiger partial charge in [-0.05, 0) is 44.4 Å². The van der Waals surface area contributed by atoms with Crippen LogP contribution in [0, 0.1) is 0 Å². The van der Waals surface area contributed by atoms with Crippen molar-refractivity contribution in [3.63, 3.8) is 0 Å². The molecule has 0 aromatic heterocycles. The zero-order valence-corrected chi connectivity index (χ0v) is 14.0. The highest BCUT2D eigenvalue weighted by Gasteiger charge is 2.51. The molecular formula is C15H18BrF3N2O. The second-order valence-corrected chi connectivity index (χ2v) is 7.04. The molecule has 1 aromatic carbocycles. The number of nitrogens with zero attached hydrogens (tertiary/aromatic N) is 1. The third-order valence-corrected chi connectivity index (χ3v) is 4.27. The van der Waals surface area contributed by atoms with E-state index in [0.717, 1.165) is 15.0 Å². The summed E-state index contributed by atoms with van der Waals surface area (Å²) in [5.41, 5.74) is 2.34. The monoisotopic (exact) mass is 378 g/mol. The van der Waals surface area contributed by atoms with Crippen molar-refractivity contribution in [2.45, 2.75) is 50.9 Å². The Morgan fingerprint density at radius 1 is 1.41 bits per heavy atom. The number of amides is 1. The highest BCUT2D eigenvalue weighted by Crippen LogP contribution is 2.35. The van der Waals surface area contributed by atoms with Crippen molar-refractivity contribution in [3.8, 4) is 0 Å². The first-order chi connectivity index (χ1) is 10.1. The van der Waals surface area contributed by atoms with Crippen LogP contribution in [0.2, 0.25) is 0 Å². The van der Waals surface area contributed by atoms with Gasteiger partial charge in [-0.25, -0.2) is 5.01 Å². The normalized spacial score (nSPS) is 20.0. The van der Waals surface area contributed by atoms with E-state index in [1.165, 1.54) is 0 Å². The Labute approximate surface area is 136 Å². The van der Waals surface area contributed by atoms with Crippen LogP contribution >= 0.6 is 15.9 Å². The summed E-state index contributed by atoms with van der Waals surface area (Å²) in [6, 6.07) is 5.53. The van der Waals surface area contributed by atoms with Crippen molar-refractivity contribution in [1.29, 1.82) is 0 Å². The fourth-order valence-electron chi connectivity index (χ4n) is 2.74. The molecule has 1 aromatic rings. The molecule has 2 rings (SSSR count). The molecule has 1 fully saturated rings. The molecule has 0 bridgehead atoms. The van der Waals surface area contributed by atoms with Gasteiger partial charge in [0.2, 0.25) is 5.91 Å². The molecule has 0 aliphatic carbocycles. The number of aryl methyl sites for hydroxylation is 1. The number of nitrogens with one attached hydrogen (secondary N) is 1. The third-order valence-electron chi connectivity index (χ3n) is 3.78. The quantitative estimate of drug-likeness (QED) is 0.863. The van der Waals surface area contributed by atoms with Crippen molar-refractivity contribution >= 4 is 21.8 Å². The Bertz CT molecular complexity index is 560. The van der Waals surface area contributed by atoms with Crippen molar-refractivity contribution in [2.75, 3.05) is 0 Å². The van der Waals surface area contributed by atoms with Crippen molar-refractivity contribution < 1.29 is 18.0 Å². The second-order valence-electron chi connectivity index (χ2n) is 6.12. The molecular weight excluding hydrogens is 361 g/mol. The van der Waals surface area contributed by atoms with E-state index in [9.17, 15) is 18.0 Å². The fourth-order valence-corrected chi connectivity index (χ4v) is 3.18. The van der Waals surface area contributed by atoms with Crippen LogP contribution in [0.3, 0.4) is 0 Å². The topological polar surface area (TPSA) is 32.3 Å². The van der Waals surface area contributed by atoms with Crippen LogP contribution in [0.25, 0.3) is 0 Å². The Kier molecular flexibility index (Phi) is 4.87. The van der Waals surface area contributed by atoms with Crippen LogP contribution in [-0.4, -0.2) is 28.7 Å². The van der Waals surface area contributed by atoms with Gasteiger partial charge in [0.25, 0.3) is 0 Å². The number of alkyl halides is 3. The average molecular weight is 379 g/mol. The summed E-state index contributed by atoms with van der Waals surface area (Å²) < 4.78 is 41.1. The van der Waals surface area contributed by atoms with Crippen molar-refractivity contribution in [3.05, 3.63) is 34.3 Å². The maximum atomic E-state index is 13.4. The molecule has 3 nitrogen and oxygen atoms in total. The van der Waals surface area contributed by atoms with Crippen LogP contribution in [-0.2, 0) is 11.2 Å². The molecule has 7 heteroatoms. The zero-order valence-electron chi connectivity index (χ0n) is 12.4. The standard InChI is InChI=1S/C15H18BrF3N2O/c1-14(2)9-13(22)20-21(14)12(15(17,18)19)7-6-10-4-3-5-11(16)8-10/h3-5,8,12H,6-7,9H2,1-2H3,(H,20,22). The number of rotatable bonds is 4. The van der Waals surface area contributed by atoms with E-state index in [4.69, 9.17) is 0 Å². The first kappa shape index (κ1) is 17.3. The molecule has 1 amide bonds. The summed E-state index contributed by atoms with van der Waals surface area (Å²) in [5.74, 6) is -0.373. The van der Waals surface area contributed by atoms with Crippen LogP contribution in [0.1, 0.15) is 32.3 Å². The molecule has 1 saturated heterocycles. The second kappa shape index (κ2) is 6.20. The SMILES string of the molecule is CC1(C)CC(=O)NN1C(CCc1cccc(Br)c1)C(F)(F)F. The number of carbonyl (C=O) groups is 1. The number of hydrogen-bond acceptors (Lipinski definition) is 2. The molecule has 1 heterocycles. The van der Waals surface area contributed by atoms with Gasteiger partial charge in [-0.1, -0.05) is 28.1 Å². The predicted molar refractivity (Wildman–Crippen MR) is 81.0 cm³/mol. The molecule has 22 heavy (non-hydrogen) atoms. The average Bonchev–Trinajstić information content (AvgIpc) is 2.61. The highest BCUT2D eigenvalue weighted by atomic mass is 79.9. The molecule has 1 atom stereocenters. The van der Waals surface area contributed by atoms with E-state index >= 15 is 0 Å². The van der Waals surface area contributed by atoms with E-state index in [1.54, 1.807) is 32.0 Å². The number of hydrazine groups is 1.